The monoisotopic (exact) mass is 685 g/mol. The molecule has 0 aliphatic carbocycles. The summed E-state index contributed by atoms with van der Waals surface area (Å²) in [5, 5.41) is 5.20. The molecule has 0 saturated heterocycles. The molecular formula is C48H31NS2. The fraction of sp³-hybridized carbons (Fsp3) is 0. The van der Waals surface area contributed by atoms with Crippen LogP contribution in [0.4, 0.5) is 17.1 Å². The summed E-state index contributed by atoms with van der Waals surface area (Å²) in [6.45, 7) is 0. The Labute approximate surface area is 304 Å². The number of benzene rings is 8. The van der Waals surface area contributed by atoms with Gasteiger partial charge < -0.3 is 4.90 Å². The normalized spacial score (nSPS) is 11.5. The maximum absolute atomic E-state index is 2.47. The van der Waals surface area contributed by atoms with Crippen molar-refractivity contribution >= 4 is 80.1 Å². The van der Waals surface area contributed by atoms with Gasteiger partial charge in [-0.25, -0.2) is 0 Å². The van der Waals surface area contributed by atoms with Gasteiger partial charge >= 0.3 is 0 Å². The van der Waals surface area contributed by atoms with E-state index in [1.165, 1.54) is 73.7 Å². The number of rotatable bonds is 6. The lowest BCUT2D eigenvalue weighted by Gasteiger charge is -2.29. The van der Waals surface area contributed by atoms with Gasteiger partial charge in [0.15, 0.2) is 0 Å². The van der Waals surface area contributed by atoms with Gasteiger partial charge in [-0.3, -0.25) is 0 Å². The average molecular weight is 686 g/mol. The minimum Gasteiger partial charge on any atom is -0.310 e. The largest absolute Gasteiger partial charge is 0.310 e. The van der Waals surface area contributed by atoms with Crippen LogP contribution in [0.25, 0.3) is 73.7 Å². The van der Waals surface area contributed by atoms with E-state index < -0.39 is 0 Å². The van der Waals surface area contributed by atoms with E-state index in [-0.39, 0.29) is 0 Å². The van der Waals surface area contributed by atoms with Gasteiger partial charge in [-0.15, -0.1) is 22.7 Å². The van der Waals surface area contributed by atoms with Crippen molar-refractivity contribution in [3.8, 4) is 33.4 Å². The van der Waals surface area contributed by atoms with Crippen LogP contribution in [0.2, 0.25) is 0 Å². The maximum atomic E-state index is 2.47. The van der Waals surface area contributed by atoms with Crippen LogP contribution in [-0.4, -0.2) is 0 Å². The molecule has 0 aliphatic rings. The van der Waals surface area contributed by atoms with Crippen LogP contribution in [0, 0.1) is 0 Å². The third-order valence-corrected chi connectivity index (χ3v) is 12.1. The van der Waals surface area contributed by atoms with Crippen molar-refractivity contribution in [1.29, 1.82) is 0 Å². The van der Waals surface area contributed by atoms with Gasteiger partial charge in [-0.05, 0) is 82.4 Å². The van der Waals surface area contributed by atoms with Crippen LogP contribution in [0.5, 0.6) is 0 Å². The zero-order chi connectivity index (χ0) is 33.7. The Morgan fingerprint density at radius 3 is 1.63 bits per heavy atom. The van der Waals surface area contributed by atoms with Gasteiger partial charge in [-0.2, -0.15) is 0 Å². The number of hydrogen-bond acceptors (Lipinski definition) is 3. The predicted molar refractivity (Wildman–Crippen MR) is 223 cm³/mol. The molecule has 0 unspecified atom stereocenters. The summed E-state index contributed by atoms with van der Waals surface area (Å²) in [7, 11) is 0. The van der Waals surface area contributed by atoms with E-state index in [1.54, 1.807) is 0 Å². The van der Waals surface area contributed by atoms with Crippen LogP contribution in [0.3, 0.4) is 0 Å². The molecule has 2 heterocycles. The maximum Gasteiger partial charge on any atom is 0.0547 e. The smallest absolute Gasteiger partial charge is 0.0547 e. The van der Waals surface area contributed by atoms with Crippen molar-refractivity contribution in [2.24, 2.45) is 0 Å². The SMILES string of the molecule is c1ccc(-c2ccc(N(c3ccc4c(c3)sc3ccccc34)c3ccc4sc5ccccc5c4c3-c3cccc(-c4ccccc4)c3)cc2)cc1. The zero-order valence-corrected chi connectivity index (χ0v) is 29.3. The summed E-state index contributed by atoms with van der Waals surface area (Å²) in [6, 6.07) is 68.7. The van der Waals surface area contributed by atoms with Gasteiger partial charge in [0, 0.05) is 57.3 Å². The molecule has 1 nitrogen and oxygen atoms in total. The van der Waals surface area contributed by atoms with Crippen molar-refractivity contribution in [3.05, 3.63) is 188 Å². The Morgan fingerprint density at radius 2 is 0.863 bits per heavy atom. The first-order chi connectivity index (χ1) is 25.3. The molecule has 10 rings (SSSR count). The third kappa shape index (κ3) is 5.21. The molecule has 0 N–H and O–H groups in total. The Kier molecular flexibility index (Phi) is 7.26. The average Bonchev–Trinajstić information content (AvgIpc) is 3.77. The van der Waals surface area contributed by atoms with E-state index in [0.717, 1.165) is 17.1 Å². The predicted octanol–water partition coefficient (Wildman–Crippen LogP) is 14.9. The summed E-state index contributed by atoms with van der Waals surface area (Å²) in [5.41, 5.74) is 10.7. The standard InChI is InChI=1S/C48H31NS2/c1-3-12-32(13-4-1)34-22-24-37(25-23-34)49(38-26-27-40-39-18-7-9-20-43(39)51-46(40)31-38)42-28-29-45-48(41-19-8-10-21-44(41)50-45)47(42)36-17-11-16-35(30-36)33-14-5-2-6-15-33/h1-31H. The Bertz CT molecular complexity index is 2850. The van der Waals surface area contributed by atoms with Gasteiger partial charge in [0.25, 0.3) is 0 Å². The van der Waals surface area contributed by atoms with Crippen LogP contribution in [0.15, 0.2) is 188 Å². The molecule has 240 valence electrons. The molecule has 0 aliphatic heterocycles. The first kappa shape index (κ1) is 29.9. The molecule has 0 atom stereocenters. The summed E-state index contributed by atoms with van der Waals surface area (Å²) in [5.74, 6) is 0. The highest BCUT2D eigenvalue weighted by Gasteiger charge is 2.23. The minimum absolute atomic E-state index is 1.12. The molecule has 51 heavy (non-hydrogen) atoms. The Balaban J connectivity index is 1.25. The molecule has 3 heteroatoms. The van der Waals surface area contributed by atoms with E-state index in [0.29, 0.717) is 0 Å². The quantitative estimate of drug-likeness (QED) is 0.168. The van der Waals surface area contributed by atoms with Gasteiger partial charge in [0.05, 0.1) is 5.69 Å². The topological polar surface area (TPSA) is 3.24 Å². The number of nitrogens with zero attached hydrogens (tertiary/aromatic N) is 1. The molecule has 0 spiro atoms. The van der Waals surface area contributed by atoms with Gasteiger partial charge in [0.2, 0.25) is 0 Å². The second-order valence-electron chi connectivity index (χ2n) is 12.9. The fourth-order valence-corrected chi connectivity index (χ4v) is 9.74. The molecule has 10 aromatic rings. The summed E-state index contributed by atoms with van der Waals surface area (Å²) >= 11 is 3.73. The molecule has 2 aromatic heterocycles. The molecule has 0 saturated carbocycles. The van der Waals surface area contributed by atoms with Gasteiger partial charge in [0.1, 0.15) is 0 Å². The van der Waals surface area contributed by atoms with E-state index in [4.69, 9.17) is 0 Å². The lowest BCUT2D eigenvalue weighted by atomic mass is 9.93. The van der Waals surface area contributed by atoms with Crippen molar-refractivity contribution in [2.75, 3.05) is 4.90 Å². The fourth-order valence-electron chi connectivity index (χ4n) is 7.48. The van der Waals surface area contributed by atoms with Gasteiger partial charge in [-0.1, -0.05) is 133 Å². The molecular weight excluding hydrogens is 655 g/mol. The van der Waals surface area contributed by atoms with E-state index >= 15 is 0 Å². The number of anilines is 3. The molecule has 0 amide bonds. The van der Waals surface area contributed by atoms with Crippen LogP contribution in [0.1, 0.15) is 0 Å². The minimum atomic E-state index is 1.12. The number of fused-ring (bicyclic) bond motifs is 6. The van der Waals surface area contributed by atoms with E-state index in [2.05, 4.69) is 193 Å². The highest BCUT2D eigenvalue weighted by Crippen LogP contribution is 2.50. The Morgan fingerprint density at radius 1 is 0.314 bits per heavy atom. The summed E-state index contributed by atoms with van der Waals surface area (Å²) < 4.78 is 5.19. The second kappa shape index (κ2) is 12.4. The van der Waals surface area contributed by atoms with Crippen molar-refractivity contribution in [1.82, 2.24) is 0 Å². The van der Waals surface area contributed by atoms with E-state index in [1.807, 2.05) is 22.7 Å². The first-order valence-corrected chi connectivity index (χ1v) is 18.9. The second-order valence-corrected chi connectivity index (χ2v) is 15.1. The van der Waals surface area contributed by atoms with Crippen LogP contribution < -0.4 is 4.90 Å². The lowest BCUT2D eigenvalue weighted by Crippen LogP contribution is -2.11. The number of hydrogen-bond donors (Lipinski definition) is 0. The first-order valence-electron chi connectivity index (χ1n) is 17.3. The van der Waals surface area contributed by atoms with Crippen LogP contribution >= 0.6 is 22.7 Å². The zero-order valence-electron chi connectivity index (χ0n) is 27.7. The Hall–Kier alpha value is -6.00. The highest BCUT2D eigenvalue weighted by atomic mass is 32.1. The van der Waals surface area contributed by atoms with Crippen molar-refractivity contribution in [2.45, 2.75) is 0 Å². The molecule has 0 radical (unpaired) electrons. The van der Waals surface area contributed by atoms with E-state index in [9.17, 15) is 0 Å². The lowest BCUT2D eigenvalue weighted by molar-refractivity contribution is 1.30. The summed E-state index contributed by atoms with van der Waals surface area (Å²) in [6.07, 6.45) is 0. The molecule has 8 aromatic carbocycles. The third-order valence-electron chi connectivity index (χ3n) is 9.87. The van der Waals surface area contributed by atoms with Crippen LogP contribution in [-0.2, 0) is 0 Å². The van der Waals surface area contributed by atoms with Crippen molar-refractivity contribution < 1.29 is 0 Å². The summed E-state index contributed by atoms with van der Waals surface area (Å²) in [4.78, 5) is 2.47. The highest BCUT2D eigenvalue weighted by molar-refractivity contribution is 7.26. The number of thiophene rings is 2. The van der Waals surface area contributed by atoms with Crippen molar-refractivity contribution in [3.63, 3.8) is 0 Å². The molecule has 0 fully saturated rings. The molecule has 0 bridgehead atoms.